The molecule has 1 unspecified atom stereocenters. The van der Waals surface area contributed by atoms with Gasteiger partial charge in [0.15, 0.2) is 0 Å². The Hall–Kier alpha value is -0.260. The Morgan fingerprint density at radius 3 is 2.50 bits per heavy atom. The maximum atomic E-state index is 2.41. The number of hydrogen-bond acceptors (Lipinski definition) is 0. The van der Waals surface area contributed by atoms with Crippen LogP contribution in [0.2, 0.25) is 0 Å². The molecule has 1 aliphatic rings. The van der Waals surface area contributed by atoms with Gasteiger partial charge in [-0.15, -0.1) is 0 Å². The van der Waals surface area contributed by atoms with E-state index in [1.807, 2.05) is 0 Å². The van der Waals surface area contributed by atoms with Crippen molar-refractivity contribution in [3.63, 3.8) is 0 Å². The maximum Gasteiger partial charge on any atom is -0.0157 e. The SMILES string of the molecule is C/C=C/C1[C@@H](C)CCCC1(C)C. The van der Waals surface area contributed by atoms with Crippen LogP contribution in [0.15, 0.2) is 12.2 Å². The monoisotopic (exact) mass is 166 g/mol. The van der Waals surface area contributed by atoms with E-state index in [1.165, 1.54) is 19.3 Å². The highest BCUT2D eigenvalue weighted by molar-refractivity contribution is 4.98. The molecule has 1 aliphatic carbocycles. The molecule has 1 rings (SSSR count). The third-order valence-corrected chi connectivity index (χ3v) is 3.40. The fourth-order valence-corrected chi connectivity index (χ4v) is 2.65. The molecule has 0 aromatic carbocycles. The van der Waals surface area contributed by atoms with E-state index in [1.54, 1.807) is 0 Å². The zero-order chi connectivity index (χ0) is 9.19. The molecule has 0 aliphatic heterocycles. The minimum atomic E-state index is 0.532. The molecule has 70 valence electrons. The predicted molar refractivity (Wildman–Crippen MR) is 55.1 cm³/mol. The normalized spacial score (nSPS) is 35.7. The van der Waals surface area contributed by atoms with E-state index in [-0.39, 0.29) is 0 Å². The third kappa shape index (κ3) is 1.91. The lowest BCUT2D eigenvalue weighted by Gasteiger charge is -2.41. The van der Waals surface area contributed by atoms with Crippen LogP contribution in [0.3, 0.4) is 0 Å². The summed E-state index contributed by atoms with van der Waals surface area (Å²) in [7, 11) is 0. The van der Waals surface area contributed by atoms with Crippen LogP contribution in [0.4, 0.5) is 0 Å². The first-order valence-electron chi connectivity index (χ1n) is 5.21. The van der Waals surface area contributed by atoms with Crippen LogP contribution < -0.4 is 0 Å². The van der Waals surface area contributed by atoms with Crippen LogP contribution in [0, 0.1) is 17.3 Å². The molecule has 0 nitrogen and oxygen atoms in total. The quantitative estimate of drug-likeness (QED) is 0.516. The van der Waals surface area contributed by atoms with Crippen LogP contribution in [-0.4, -0.2) is 0 Å². The van der Waals surface area contributed by atoms with E-state index in [2.05, 4.69) is 39.8 Å². The molecule has 1 fully saturated rings. The van der Waals surface area contributed by atoms with Crippen molar-refractivity contribution in [2.45, 2.75) is 47.0 Å². The molecule has 0 saturated heterocycles. The van der Waals surface area contributed by atoms with Gasteiger partial charge in [0.25, 0.3) is 0 Å². The zero-order valence-electron chi connectivity index (χ0n) is 8.93. The summed E-state index contributed by atoms with van der Waals surface area (Å²) in [4.78, 5) is 0. The van der Waals surface area contributed by atoms with Crippen LogP contribution >= 0.6 is 0 Å². The predicted octanol–water partition coefficient (Wildman–Crippen LogP) is 4.02. The van der Waals surface area contributed by atoms with Crippen molar-refractivity contribution < 1.29 is 0 Å². The Bertz CT molecular complexity index is 165. The van der Waals surface area contributed by atoms with Gasteiger partial charge in [0.05, 0.1) is 0 Å². The highest BCUT2D eigenvalue weighted by Gasteiger charge is 2.34. The van der Waals surface area contributed by atoms with Gasteiger partial charge in [-0.3, -0.25) is 0 Å². The summed E-state index contributed by atoms with van der Waals surface area (Å²) in [6.45, 7) is 9.35. The molecule has 0 heteroatoms. The number of allylic oxidation sites excluding steroid dienone is 2. The van der Waals surface area contributed by atoms with E-state index in [0.717, 1.165) is 11.8 Å². The van der Waals surface area contributed by atoms with E-state index < -0.39 is 0 Å². The molecule has 2 atom stereocenters. The van der Waals surface area contributed by atoms with Crippen LogP contribution in [-0.2, 0) is 0 Å². The first kappa shape index (κ1) is 9.83. The summed E-state index contributed by atoms with van der Waals surface area (Å²) < 4.78 is 0. The molecular formula is C12H22. The molecule has 0 radical (unpaired) electrons. The van der Waals surface area contributed by atoms with Crippen molar-refractivity contribution in [1.29, 1.82) is 0 Å². The highest BCUT2D eigenvalue weighted by atomic mass is 14.4. The Kier molecular flexibility index (Phi) is 2.98. The first-order valence-corrected chi connectivity index (χ1v) is 5.21. The van der Waals surface area contributed by atoms with Crippen LogP contribution in [0.5, 0.6) is 0 Å². The lowest BCUT2D eigenvalue weighted by molar-refractivity contribution is 0.122. The van der Waals surface area contributed by atoms with E-state index in [9.17, 15) is 0 Å². The zero-order valence-corrected chi connectivity index (χ0v) is 8.93. The summed E-state index contributed by atoms with van der Waals surface area (Å²) in [5, 5.41) is 0. The minimum Gasteiger partial charge on any atom is -0.0914 e. The highest BCUT2D eigenvalue weighted by Crippen LogP contribution is 2.44. The summed E-state index contributed by atoms with van der Waals surface area (Å²) in [5.74, 6) is 1.68. The van der Waals surface area contributed by atoms with Gasteiger partial charge in [-0.1, -0.05) is 45.8 Å². The van der Waals surface area contributed by atoms with Gasteiger partial charge in [0.1, 0.15) is 0 Å². The van der Waals surface area contributed by atoms with Crippen molar-refractivity contribution in [3.05, 3.63) is 12.2 Å². The first-order chi connectivity index (χ1) is 5.58. The summed E-state index contributed by atoms with van der Waals surface area (Å²) in [6.07, 6.45) is 8.85. The second kappa shape index (κ2) is 3.64. The molecule has 12 heavy (non-hydrogen) atoms. The average Bonchev–Trinajstić information content (AvgIpc) is 1.97. The van der Waals surface area contributed by atoms with E-state index in [0.29, 0.717) is 5.41 Å². The van der Waals surface area contributed by atoms with Crippen molar-refractivity contribution in [3.8, 4) is 0 Å². The second-order valence-electron chi connectivity index (χ2n) is 4.91. The Labute approximate surface area is 77.1 Å². The topological polar surface area (TPSA) is 0 Å². The van der Waals surface area contributed by atoms with Gasteiger partial charge < -0.3 is 0 Å². The van der Waals surface area contributed by atoms with Gasteiger partial charge in [-0.25, -0.2) is 0 Å². The fraction of sp³-hybridized carbons (Fsp3) is 0.833. The molecular weight excluding hydrogens is 144 g/mol. The molecule has 0 heterocycles. The van der Waals surface area contributed by atoms with Gasteiger partial charge in [0, 0.05) is 0 Å². The van der Waals surface area contributed by atoms with E-state index >= 15 is 0 Å². The smallest absolute Gasteiger partial charge is 0.0157 e. The van der Waals surface area contributed by atoms with Gasteiger partial charge >= 0.3 is 0 Å². The van der Waals surface area contributed by atoms with Crippen LogP contribution in [0.25, 0.3) is 0 Å². The number of rotatable bonds is 1. The summed E-state index contributed by atoms with van der Waals surface area (Å²) in [6, 6.07) is 0. The molecule has 1 saturated carbocycles. The average molecular weight is 166 g/mol. The van der Waals surface area contributed by atoms with Crippen molar-refractivity contribution in [1.82, 2.24) is 0 Å². The minimum absolute atomic E-state index is 0.532. The fourth-order valence-electron chi connectivity index (χ4n) is 2.65. The maximum absolute atomic E-state index is 2.41. The standard InChI is InChI=1S/C12H22/c1-5-7-11-10(2)8-6-9-12(11,3)4/h5,7,10-11H,6,8-9H2,1-4H3/b7-5+/t10-,11?/m0/s1. The third-order valence-electron chi connectivity index (χ3n) is 3.40. The molecule has 0 spiro atoms. The molecule has 0 N–H and O–H groups in total. The Balaban J connectivity index is 2.73. The summed E-state index contributed by atoms with van der Waals surface area (Å²) >= 11 is 0. The van der Waals surface area contributed by atoms with Crippen molar-refractivity contribution in [2.24, 2.45) is 17.3 Å². The van der Waals surface area contributed by atoms with E-state index in [4.69, 9.17) is 0 Å². The van der Waals surface area contributed by atoms with Gasteiger partial charge in [0.2, 0.25) is 0 Å². The number of hydrogen-bond donors (Lipinski definition) is 0. The van der Waals surface area contributed by atoms with Crippen molar-refractivity contribution in [2.75, 3.05) is 0 Å². The molecule has 0 amide bonds. The van der Waals surface area contributed by atoms with Crippen LogP contribution in [0.1, 0.15) is 47.0 Å². The largest absolute Gasteiger partial charge is 0.0914 e. The lowest BCUT2D eigenvalue weighted by Crippen LogP contribution is -2.32. The second-order valence-corrected chi connectivity index (χ2v) is 4.91. The van der Waals surface area contributed by atoms with Gasteiger partial charge in [-0.05, 0) is 30.6 Å². The molecule has 0 aromatic heterocycles. The molecule has 0 aromatic rings. The Morgan fingerprint density at radius 2 is 2.00 bits per heavy atom. The Morgan fingerprint density at radius 1 is 1.33 bits per heavy atom. The lowest BCUT2D eigenvalue weighted by atomic mass is 9.64. The van der Waals surface area contributed by atoms with Gasteiger partial charge in [-0.2, -0.15) is 0 Å². The summed E-state index contributed by atoms with van der Waals surface area (Å²) in [5.41, 5.74) is 0.532. The van der Waals surface area contributed by atoms with Crippen molar-refractivity contribution >= 4 is 0 Å². The molecule has 0 bridgehead atoms.